The molecular formula is C14H19N. The third-order valence-electron chi connectivity index (χ3n) is 3.25. The Bertz CT molecular complexity index is 391. The van der Waals surface area contributed by atoms with Crippen molar-refractivity contribution in [3.8, 4) is 0 Å². The Morgan fingerprint density at radius 3 is 2.53 bits per heavy atom. The Hall–Kier alpha value is -1.24. The first-order valence-corrected chi connectivity index (χ1v) is 5.90. The summed E-state index contributed by atoms with van der Waals surface area (Å²) >= 11 is 0. The molecule has 0 saturated heterocycles. The van der Waals surface area contributed by atoms with E-state index in [2.05, 4.69) is 49.2 Å². The van der Waals surface area contributed by atoms with Crippen LogP contribution in [0.3, 0.4) is 0 Å². The first kappa shape index (κ1) is 10.3. The van der Waals surface area contributed by atoms with Crippen LogP contribution in [0.2, 0.25) is 0 Å². The van der Waals surface area contributed by atoms with Gasteiger partial charge in [0.2, 0.25) is 0 Å². The van der Waals surface area contributed by atoms with Crippen LogP contribution in [0.15, 0.2) is 30.3 Å². The van der Waals surface area contributed by atoms with E-state index >= 15 is 0 Å². The zero-order chi connectivity index (χ0) is 10.7. The topological polar surface area (TPSA) is 15.8 Å². The lowest BCUT2D eigenvalue weighted by Gasteiger charge is -2.09. The number of rotatable bonds is 4. The van der Waals surface area contributed by atoms with E-state index in [4.69, 9.17) is 0 Å². The van der Waals surface area contributed by atoms with Crippen LogP contribution in [-0.4, -0.2) is 4.98 Å². The minimum atomic E-state index is 0.818. The van der Waals surface area contributed by atoms with Crippen LogP contribution < -0.4 is 0 Å². The van der Waals surface area contributed by atoms with E-state index in [1.807, 2.05) is 0 Å². The van der Waals surface area contributed by atoms with Gasteiger partial charge in [-0.05, 0) is 29.9 Å². The van der Waals surface area contributed by atoms with Crippen molar-refractivity contribution in [1.82, 2.24) is 4.98 Å². The van der Waals surface area contributed by atoms with E-state index in [9.17, 15) is 0 Å². The molecule has 1 nitrogen and oxygen atoms in total. The van der Waals surface area contributed by atoms with Crippen LogP contribution in [0.4, 0.5) is 0 Å². The second-order valence-electron chi connectivity index (χ2n) is 4.27. The molecule has 0 fully saturated rings. The number of benzene rings is 1. The van der Waals surface area contributed by atoms with Gasteiger partial charge in [-0.2, -0.15) is 0 Å². The molecule has 80 valence electrons. The molecule has 2 rings (SSSR count). The van der Waals surface area contributed by atoms with Crippen molar-refractivity contribution < 1.29 is 0 Å². The maximum Gasteiger partial charge on any atom is 0.0456 e. The number of fused-ring (bicyclic) bond motifs is 1. The third-order valence-corrected chi connectivity index (χ3v) is 3.25. The summed E-state index contributed by atoms with van der Waals surface area (Å²) in [5.74, 6) is 0.818. The molecule has 1 heterocycles. The number of hydrogen-bond acceptors (Lipinski definition) is 0. The van der Waals surface area contributed by atoms with Crippen molar-refractivity contribution in [3.63, 3.8) is 0 Å². The van der Waals surface area contributed by atoms with Crippen LogP contribution in [0.5, 0.6) is 0 Å². The first-order chi connectivity index (χ1) is 7.33. The van der Waals surface area contributed by atoms with Crippen LogP contribution in [0.25, 0.3) is 10.9 Å². The van der Waals surface area contributed by atoms with E-state index in [1.165, 1.54) is 35.9 Å². The molecule has 2 aromatic rings. The average Bonchev–Trinajstić information content (AvgIpc) is 2.68. The number of aromatic nitrogens is 1. The van der Waals surface area contributed by atoms with E-state index in [1.54, 1.807) is 0 Å². The van der Waals surface area contributed by atoms with Gasteiger partial charge < -0.3 is 4.98 Å². The minimum Gasteiger partial charge on any atom is -0.358 e. The first-order valence-electron chi connectivity index (χ1n) is 5.90. The number of H-pyrrole nitrogens is 1. The van der Waals surface area contributed by atoms with Crippen molar-refractivity contribution in [2.45, 2.75) is 33.1 Å². The fraction of sp³-hybridized carbons (Fsp3) is 0.429. The molecule has 1 heteroatoms. The molecule has 1 aromatic carbocycles. The van der Waals surface area contributed by atoms with Gasteiger partial charge in [-0.15, -0.1) is 0 Å². The maximum atomic E-state index is 3.49. The Kier molecular flexibility index (Phi) is 3.10. The van der Waals surface area contributed by atoms with Crippen LogP contribution in [0.1, 0.15) is 32.4 Å². The Morgan fingerprint density at radius 2 is 1.87 bits per heavy atom. The highest BCUT2D eigenvalue weighted by molar-refractivity contribution is 5.80. The van der Waals surface area contributed by atoms with Crippen molar-refractivity contribution in [2.24, 2.45) is 5.92 Å². The highest BCUT2D eigenvalue weighted by atomic mass is 14.7. The molecule has 0 aliphatic heterocycles. The normalized spacial score (nSPS) is 11.4. The van der Waals surface area contributed by atoms with Crippen molar-refractivity contribution in [2.75, 3.05) is 0 Å². The summed E-state index contributed by atoms with van der Waals surface area (Å²) in [7, 11) is 0. The van der Waals surface area contributed by atoms with Crippen LogP contribution in [0, 0.1) is 5.92 Å². The second-order valence-corrected chi connectivity index (χ2v) is 4.27. The SMILES string of the molecule is CCC(CC)Cc1cc2ccccc2[nH]1. The molecule has 0 unspecified atom stereocenters. The second kappa shape index (κ2) is 4.52. The van der Waals surface area contributed by atoms with Gasteiger partial charge in [0, 0.05) is 11.2 Å². The van der Waals surface area contributed by atoms with E-state index in [0.717, 1.165) is 5.92 Å². The Labute approximate surface area is 91.5 Å². The predicted octanol–water partition coefficient (Wildman–Crippen LogP) is 4.15. The zero-order valence-corrected chi connectivity index (χ0v) is 9.59. The van der Waals surface area contributed by atoms with E-state index in [0.29, 0.717) is 0 Å². The smallest absolute Gasteiger partial charge is 0.0456 e. The molecular weight excluding hydrogens is 182 g/mol. The molecule has 0 amide bonds. The molecule has 0 bridgehead atoms. The standard InChI is InChI=1S/C14H19N/c1-3-11(4-2)9-13-10-12-7-5-6-8-14(12)15-13/h5-8,10-11,15H,3-4,9H2,1-2H3. The van der Waals surface area contributed by atoms with Gasteiger partial charge in [0.05, 0.1) is 0 Å². The lowest BCUT2D eigenvalue weighted by Crippen LogP contribution is -2.01. The molecule has 1 aromatic heterocycles. The number of hydrogen-bond donors (Lipinski definition) is 1. The summed E-state index contributed by atoms with van der Waals surface area (Å²) in [6.07, 6.45) is 3.72. The summed E-state index contributed by atoms with van der Waals surface area (Å²) in [6.45, 7) is 4.55. The largest absolute Gasteiger partial charge is 0.358 e. The Morgan fingerprint density at radius 1 is 1.13 bits per heavy atom. The molecule has 0 spiro atoms. The minimum absolute atomic E-state index is 0.818. The summed E-state index contributed by atoms with van der Waals surface area (Å²) < 4.78 is 0. The molecule has 0 atom stereocenters. The third kappa shape index (κ3) is 2.23. The number of nitrogens with one attached hydrogen (secondary N) is 1. The van der Waals surface area contributed by atoms with E-state index < -0.39 is 0 Å². The lowest BCUT2D eigenvalue weighted by molar-refractivity contribution is 0.486. The summed E-state index contributed by atoms with van der Waals surface area (Å²) in [5, 5.41) is 1.33. The zero-order valence-electron chi connectivity index (χ0n) is 9.59. The molecule has 0 aliphatic carbocycles. The van der Waals surface area contributed by atoms with Gasteiger partial charge in [-0.1, -0.05) is 44.9 Å². The van der Waals surface area contributed by atoms with Gasteiger partial charge >= 0.3 is 0 Å². The quantitative estimate of drug-likeness (QED) is 0.765. The van der Waals surface area contributed by atoms with E-state index in [-0.39, 0.29) is 0 Å². The molecule has 15 heavy (non-hydrogen) atoms. The molecule has 0 saturated carbocycles. The van der Waals surface area contributed by atoms with Gasteiger partial charge in [0.1, 0.15) is 0 Å². The molecule has 1 N–H and O–H groups in total. The van der Waals surface area contributed by atoms with Gasteiger partial charge in [-0.25, -0.2) is 0 Å². The Balaban J connectivity index is 2.21. The summed E-state index contributed by atoms with van der Waals surface area (Å²) in [6, 6.07) is 10.8. The van der Waals surface area contributed by atoms with Crippen LogP contribution >= 0.6 is 0 Å². The lowest BCUT2D eigenvalue weighted by atomic mass is 9.98. The summed E-state index contributed by atoms with van der Waals surface area (Å²) in [5.41, 5.74) is 2.64. The fourth-order valence-corrected chi connectivity index (χ4v) is 2.13. The summed E-state index contributed by atoms with van der Waals surface area (Å²) in [4.78, 5) is 3.49. The van der Waals surface area contributed by atoms with Crippen LogP contribution in [-0.2, 0) is 6.42 Å². The fourth-order valence-electron chi connectivity index (χ4n) is 2.13. The highest BCUT2D eigenvalue weighted by Gasteiger charge is 2.06. The van der Waals surface area contributed by atoms with Crippen molar-refractivity contribution in [1.29, 1.82) is 0 Å². The maximum absolute atomic E-state index is 3.49. The monoisotopic (exact) mass is 201 g/mol. The predicted molar refractivity (Wildman–Crippen MR) is 66.1 cm³/mol. The molecule has 0 radical (unpaired) electrons. The van der Waals surface area contributed by atoms with Gasteiger partial charge in [0.15, 0.2) is 0 Å². The average molecular weight is 201 g/mol. The van der Waals surface area contributed by atoms with Gasteiger partial charge in [0.25, 0.3) is 0 Å². The van der Waals surface area contributed by atoms with Gasteiger partial charge in [-0.3, -0.25) is 0 Å². The molecule has 0 aliphatic rings. The van der Waals surface area contributed by atoms with Crippen molar-refractivity contribution >= 4 is 10.9 Å². The number of aromatic amines is 1. The van der Waals surface area contributed by atoms with Crippen molar-refractivity contribution in [3.05, 3.63) is 36.0 Å². The highest BCUT2D eigenvalue weighted by Crippen LogP contribution is 2.19. The number of para-hydroxylation sites is 1.